The molecule has 0 saturated heterocycles. The first-order valence-electron chi connectivity index (χ1n) is 7.22. The highest BCUT2D eigenvalue weighted by Crippen LogP contribution is 2.31. The van der Waals surface area contributed by atoms with Gasteiger partial charge in [0.05, 0.1) is 0 Å². The molecule has 0 heterocycles. The second kappa shape index (κ2) is 6.64. The van der Waals surface area contributed by atoms with E-state index in [-0.39, 0.29) is 0 Å². The fourth-order valence-electron chi connectivity index (χ4n) is 2.65. The molecule has 1 saturated carbocycles. The molecule has 0 radical (unpaired) electrons. The lowest BCUT2D eigenvalue weighted by atomic mass is 9.86. The van der Waals surface area contributed by atoms with Crippen LogP contribution in [-0.2, 0) is 0 Å². The SMILES string of the molecule is CCCCCCC(C)(C)CN(C)CC1CC1. The van der Waals surface area contributed by atoms with Crippen molar-refractivity contribution in [3.63, 3.8) is 0 Å². The minimum Gasteiger partial charge on any atom is -0.306 e. The highest BCUT2D eigenvalue weighted by Gasteiger charge is 2.26. The van der Waals surface area contributed by atoms with E-state index in [1.54, 1.807) is 0 Å². The second-order valence-electron chi connectivity index (χ2n) is 6.61. The molecule has 1 aliphatic carbocycles. The maximum absolute atomic E-state index is 2.55. The van der Waals surface area contributed by atoms with E-state index >= 15 is 0 Å². The second-order valence-corrected chi connectivity index (χ2v) is 6.61. The van der Waals surface area contributed by atoms with Crippen LogP contribution < -0.4 is 0 Å². The lowest BCUT2D eigenvalue weighted by Gasteiger charge is -2.30. The van der Waals surface area contributed by atoms with Crippen molar-refractivity contribution in [2.24, 2.45) is 11.3 Å². The summed E-state index contributed by atoms with van der Waals surface area (Å²) in [5.41, 5.74) is 0.511. The van der Waals surface area contributed by atoms with Gasteiger partial charge in [0.2, 0.25) is 0 Å². The molecule has 0 aromatic heterocycles. The molecule has 0 unspecified atom stereocenters. The van der Waals surface area contributed by atoms with Gasteiger partial charge in [-0.05, 0) is 37.6 Å². The van der Waals surface area contributed by atoms with Crippen LogP contribution in [-0.4, -0.2) is 25.0 Å². The van der Waals surface area contributed by atoms with Gasteiger partial charge in [-0.15, -0.1) is 0 Å². The van der Waals surface area contributed by atoms with Crippen LogP contribution >= 0.6 is 0 Å². The molecule has 96 valence electrons. The predicted molar refractivity (Wildman–Crippen MR) is 72.8 cm³/mol. The Kier molecular flexibility index (Phi) is 5.82. The summed E-state index contributed by atoms with van der Waals surface area (Å²) in [7, 11) is 2.30. The quantitative estimate of drug-likeness (QED) is 0.528. The van der Waals surface area contributed by atoms with Crippen LogP contribution in [0.3, 0.4) is 0 Å². The Morgan fingerprint density at radius 2 is 1.81 bits per heavy atom. The van der Waals surface area contributed by atoms with E-state index in [9.17, 15) is 0 Å². The summed E-state index contributed by atoms with van der Waals surface area (Å²) in [5.74, 6) is 1.03. The molecule has 0 atom stereocenters. The molecule has 0 bridgehead atoms. The third-order valence-electron chi connectivity index (χ3n) is 3.67. The Bertz CT molecular complexity index is 182. The maximum Gasteiger partial charge on any atom is 0.00297 e. The van der Waals surface area contributed by atoms with Gasteiger partial charge in [-0.25, -0.2) is 0 Å². The van der Waals surface area contributed by atoms with Crippen molar-refractivity contribution in [2.75, 3.05) is 20.1 Å². The van der Waals surface area contributed by atoms with Gasteiger partial charge in [0.25, 0.3) is 0 Å². The summed E-state index contributed by atoms with van der Waals surface area (Å²) in [6.07, 6.45) is 9.94. The van der Waals surface area contributed by atoms with Gasteiger partial charge in [-0.3, -0.25) is 0 Å². The third kappa shape index (κ3) is 6.52. The smallest absolute Gasteiger partial charge is 0.00297 e. The van der Waals surface area contributed by atoms with Gasteiger partial charge < -0.3 is 4.90 Å². The fraction of sp³-hybridized carbons (Fsp3) is 1.00. The van der Waals surface area contributed by atoms with Crippen LogP contribution in [0.15, 0.2) is 0 Å². The van der Waals surface area contributed by atoms with Gasteiger partial charge in [0, 0.05) is 13.1 Å². The van der Waals surface area contributed by atoms with Crippen molar-refractivity contribution in [1.29, 1.82) is 0 Å². The molecule has 1 nitrogen and oxygen atoms in total. The summed E-state index contributed by atoms with van der Waals surface area (Å²) < 4.78 is 0. The number of hydrogen-bond acceptors (Lipinski definition) is 1. The Hall–Kier alpha value is -0.0400. The molecule has 1 fully saturated rings. The lowest BCUT2D eigenvalue weighted by molar-refractivity contribution is 0.188. The molecule has 1 rings (SSSR count). The van der Waals surface area contributed by atoms with E-state index in [2.05, 4.69) is 32.7 Å². The lowest BCUT2D eigenvalue weighted by Crippen LogP contribution is -2.32. The predicted octanol–water partition coefficient (Wildman–Crippen LogP) is 4.32. The van der Waals surface area contributed by atoms with Crippen molar-refractivity contribution in [3.8, 4) is 0 Å². The number of unbranched alkanes of at least 4 members (excludes halogenated alkanes) is 3. The molecular weight excluding hydrogens is 194 g/mol. The van der Waals surface area contributed by atoms with E-state index in [0.29, 0.717) is 5.41 Å². The van der Waals surface area contributed by atoms with Crippen molar-refractivity contribution < 1.29 is 0 Å². The molecule has 0 amide bonds. The van der Waals surface area contributed by atoms with Gasteiger partial charge in [-0.2, -0.15) is 0 Å². The molecule has 0 aromatic rings. The highest BCUT2D eigenvalue weighted by atomic mass is 15.1. The summed E-state index contributed by atoms with van der Waals surface area (Å²) in [4.78, 5) is 2.55. The molecular formula is C15H31N. The first-order valence-corrected chi connectivity index (χ1v) is 7.22. The molecule has 0 spiro atoms. The zero-order valence-corrected chi connectivity index (χ0v) is 11.9. The van der Waals surface area contributed by atoms with E-state index in [0.717, 1.165) is 5.92 Å². The molecule has 0 aromatic carbocycles. The van der Waals surface area contributed by atoms with Crippen LogP contribution in [0.4, 0.5) is 0 Å². The maximum atomic E-state index is 2.55. The molecule has 0 aliphatic heterocycles. The summed E-state index contributed by atoms with van der Waals surface area (Å²) in [6.45, 7) is 9.76. The van der Waals surface area contributed by atoms with E-state index in [4.69, 9.17) is 0 Å². The minimum atomic E-state index is 0.511. The standard InChI is InChI=1S/C15H31N/c1-5-6-7-8-11-15(2,3)13-16(4)12-14-9-10-14/h14H,5-13H2,1-4H3. The van der Waals surface area contributed by atoms with Crippen molar-refractivity contribution >= 4 is 0 Å². The topological polar surface area (TPSA) is 3.24 Å². The average Bonchev–Trinajstić information content (AvgIpc) is 2.95. The van der Waals surface area contributed by atoms with Crippen molar-refractivity contribution in [3.05, 3.63) is 0 Å². The molecule has 0 N–H and O–H groups in total. The van der Waals surface area contributed by atoms with Crippen LogP contribution in [0.25, 0.3) is 0 Å². The zero-order chi connectivity index (χ0) is 12.0. The average molecular weight is 225 g/mol. The fourth-order valence-corrected chi connectivity index (χ4v) is 2.65. The van der Waals surface area contributed by atoms with Gasteiger partial charge in [0.15, 0.2) is 0 Å². The Morgan fingerprint density at radius 1 is 1.12 bits per heavy atom. The number of hydrogen-bond donors (Lipinski definition) is 0. The number of rotatable bonds is 9. The van der Waals surface area contributed by atoms with Gasteiger partial charge in [0.1, 0.15) is 0 Å². The summed E-state index contributed by atoms with van der Waals surface area (Å²) >= 11 is 0. The van der Waals surface area contributed by atoms with Gasteiger partial charge >= 0.3 is 0 Å². The monoisotopic (exact) mass is 225 g/mol. The Balaban J connectivity index is 2.10. The number of nitrogens with zero attached hydrogens (tertiary/aromatic N) is 1. The first-order chi connectivity index (χ1) is 7.53. The van der Waals surface area contributed by atoms with Crippen LogP contribution in [0.1, 0.15) is 65.7 Å². The highest BCUT2D eigenvalue weighted by molar-refractivity contribution is 4.79. The molecule has 1 heteroatoms. The zero-order valence-electron chi connectivity index (χ0n) is 11.9. The van der Waals surface area contributed by atoms with Gasteiger partial charge in [-0.1, -0.05) is 46.5 Å². The normalized spacial score (nSPS) is 17.1. The Labute approximate surface area is 103 Å². The van der Waals surface area contributed by atoms with E-state index < -0.39 is 0 Å². The van der Waals surface area contributed by atoms with Crippen molar-refractivity contribution in [1.82, 2.24) is 4.90 Å². The van der Waals surface area contributed by atoms with Crippen molar-refractivity contribution in [2.45, 2.75) is 65.7 Å². The van der Waals surface area contributed by atoms with Crippen LogP contribution in [0.5, 0.6) is 0 Å². The van der Waals surface area contributed by atoms with E-state index in [1.807, 2.05) is 0 Å². The molecule has 1 aliphatic rings. The minimum absolute atomic E-state index is 0.511. The summed E-state index contributed by atoms with van der Waals surface area (Å²) in [6, 6.07) is 0. The molecule has 16 heavy (non-hydrogen) atoms. The third-order valence-corrected chi connectivity index (χ3v) is 3.67. The van der Waals surface area contributed by atoms with Crippen LogP contribution in [0.2, 0.25) is 0 Å². The largest absolute Gasteiger partial charge is 0.306 e. The first kappa shape index (κ1) is 14.0. The van der Waals surface area contributed by atoms with Crippen LogP contribution in [0, 0.1) is 11.3 Å². The Morgan fingerprint density at radius 3 is 2.38 bits per heavy atom. The van der Waals surface area contributed by atoms with E-state index in [1.165, 1.54) is 58.0 Å². The summed E-state index contributed by atoms with van der Waals surface area (Å²) in [5, 5.41) is 0.